The van der Waals surface area contributed by atoms with Crippen molar-refractivity contribution in [2.75, 3.05) is 25.0 Å². The van der Waals surface area contributed by atoms with Gasteiger partial charge >= 0.3 is 0 Å². The summed E-state index contributed by atoms with van der Waals surface area (Å²) in [4.78, 5) is 24.2. The maximum atomic E-state index is 13.0. The van der Waals surface area contributed by atoms with E-state index < -0.39 is 0 Å². The molecule has 0 spiro atoms. The number of fused-ring (bicyclic) bond motifs is 1. The molecule has 4 aromatic rings. The largest absolute Gasteiger partial charge is 0.375 e. The molecule has 2 heterocycles. The standard InChI is InChI=1S/C25H24N4O/c1-29(19-10-3-2-4-11-19)17-9-16-27-25(30)21-18-24(23-14-7-8-15-26-23)28-22-13-6-5-12-20(21)22/h2-8,10-15,18H,9,16-17H2,1H3,(H,27,30). The molecule has 4 rings (SSSR count). The predicted octanol–water partition coefficient (Wildman–Crippen LogP) is 4.55. The van der Waals surface area contributed by atoms with E-state index in [0.29, 0.717) is 17.8 Å². The lowest BCUT2D eigenvalue weighted by Gasteiger charge is -2.19. The molecule has 30 heavy (non-hydrogen) atoms. The fourth-order valence-electron chi connectivity index (χ4n) is 3.43. The Hall–Kier alpha value is -3.73. The molecule has 1 N–H and O–H groups in total. The number of hydrogen-bond acceptors (Lipinski definition) is 4. The minimum Gasteiger partial charge on any atom is -0.375 e. The Morgan fingerprint density at radius 3 is 2.50 bits per heavy atom. The van der Waals surface area contributed by atoms with Gasteiger partial charge in [-0.25, -0.2) is 4.98 Å². The number of hydrogen-bond donors (Lipinski definition) is 1. The smallest absolute Gasteiger partial charge is 0.252 e. The van der Waals surface area contributed by atoms with Crippen molar-refractivity contribution in [2.45, 2.75) is 6.42 Å². The lowest BCUT2D eigenvalue weighted by molar-refractivity contribution is 0.0955. The van der Waals surface area contributed by atoms with Gasteiger partial charge in [0.2, 0.25) is 0 Å². The Morgan fingerprint density at radius 2 is 1.70 bits per heavy atom. The molecule has 5 heteroatoms. The van der Waals surface area contributed by atoms with Crippen LogP contribution in [0.4, 0.5) is 5.69 Å². The monoisotopic (exact) mass is 396 g/mol. The van der Waals surface area contributed by atoms with E-state index in [1.165, 1.54) is 5.69 Å². The fourth-order valence-corrected chi connectivity index (χ4v) is 3.43. The van der Waals surface area contributed by atoms with E-state index in [4.69, 9.17) is 4.98 Å². The van der Waals surface area contributed by atoms with E-state index in [1.807, 2.05) is 66.7 Å². The molecule has 5 nitrogen and oxygen atoms in total. The first-order valence-corrected chi connectivity index (χ1v) is 10.1. The van der Waals surface area contributed by atoms with Crippen molar-refractivity contribution in [2.24, 2.45) is 0 Å². The maximum absolute atomic E-state index is 13.0. The molecule has 0 aliphatic carbocycles. The Balaban J connectivity index is 1.47. The fraction of sp³-hybridized carbons (Fsp3) is 0.160. The summed E-state index contributed by atoms with van der Waals surface area (Å²) < 4.78 is 0. The zero-order valence-electron chi connectivity index (χ0n) is 17.0. The van der Waals surface area contributed by atoms with Gasteiger partial charge < -0.3 is 10.2 Å². The normalized spacial score (nSPS) is 10.7. The molecule has 2 aromatic heterocycles. The summed E-state index contributed by atoms with van der Waals surface area (Å²) >= 11 is 0. The zero-order chi connectivity index (χ0) is 20.8. The second-order valence-electron chi connectivity index (χ2n) is 7.15. The highest BCUT2D eigenvalue weighted by atomic mass is 16.1. The molecule has 0 saturated heterocycles. The van der Waals surface area contributed by atoms with Crippen molar-refractivity contribution in [3.63, 3.8) is 0 Å². The third-order valence-corrected chi connectivity index (χ3v) is 5.04. The van der Waals surface area contributed by atoms with Crippen LogP contribution in [0.3, 0.4) is 0 Å². The summed E-state index contributed by atoms with van der Waals surface area (Å²) in [6.45, 7) is 1.46. The minimum absolute atomic E-state index is 0.0897. The van der Waals surface area contributed by atoms with Crippen LogP contribution in [0.2, 0.25) is 0 Å². The Kier molecular flexibility index (Phi) is 5.99. The van der Waals surface area contributed by atoms with Crippen LogP contribution in [0.15, 0.2) is 85.1 Å². The van der Waals surface area contributed by atoms with Crippen molar-refractivity contribution in [1.29, 1.82) is 0 Å². The molecular formula is C25H24N4O. The SMILES string of the molecule is CN(CCCNC(=O)c1cc(-c2ccccn2)nc2ccccc12)c1ccccc1. The lowest BCUT2D eigenvalue weighted by Crippen LogP contribution is -2.28. The van der Waals surface area contributed by atoms with Gasteiger partial charge in [-0.1, -0.05) is 42.5 Å². The van der Waals surface area contributed by atoms with Crippen LogP contribution in [0.25, 0.3) is 22.3 Å². The molecule has 0 saturated carbocycles. The van der Waals surface area contributed by atoms with Crippen LogP contribution < -0.4 is 10.2 Å². The summed E-state index contributed by atoms with van der Waals surface area (Å²) in [5, 5.41) is 3.91. The Morgan fingerprint density at radius 1 is 0.933 bits per heavy atom. The van der Waals surface area contributed by atoms with Gasteiger partial charge in [0.25, 0.3) is 5.91 Å². The number of rotatable bonds is 7. The van der Waals surface area contributed by atoms with Gasteiger partial charge in [-0.3, -0.25) is 9.78 Å². The first-order valence-electron chi connectivity index (χ1n) is 10.1. The lowest BCUT2D eigenvalue weighted by atomic mass is 10.1. The predicted molar refractivity (Wildman–Crippen MR) is 122 cm³/mol. The molecule has 0 radical (unpaired) electrons. The van der Waals surface area contributed by atoms with E-state index in [9.17, 15) is 4.79 Å². The maximum Gasteiger partial charge on any atom is 0.252 e. The molecule has 1 amide bonds. The Labute approximate surface area is 176 Å². The third-order valence-electron chi connectivity index (χ3n) is 5.04. The topological polar surface area (TPSA) is 58.1 Å². The van der Waals surface area contributed by atoms with Crippen molar-refractivity contribution in [3.8, 4) is 11.4 Å². The molecule has 0 fully saturated rings. The summed E-state index contributed by atoms with van der Waals surface area (Å²) in [5.41, 5.74) is 4.03. The molecule has 0 bridgehead atoms. The van der Waals surface area contributed by atoms with Crippen molar-refractivity contribution >= 4 is 22.5 Å². The average Bonchev–Trinajstić information content (AvgIpc) is 2.82. The molecule has 0 unspecified atom stereocenters. The molecule has 150 valence electrons. The molecule has 0 aliphatic rings. The van der Waals surface area contributed by atoms with Gasteiger partial charge in [0.1, 0.15) is 0 Å². The Bertz CT molecular complexity index is 1130. The second kappa shape index (κ2) is 9.18. The van der Waals surface area contributed by atoms with Crippen LogP contribution in [0.1, 0.15) is 16.8 Å². The van der Waals surface area contributed by atoms with Gasteiger partial charge in [-0.15, -0.1) is 0 Å². The van der Waals surface area contributed by atoms with E-state index in [2.05, 4.69) is 34.4 Å². The zero-order valence-corrected chi connectivity index (χ0v) is 17.0. The van der Waals surface area contributed by atoms with E-state index in [1.54, 1.807) is 6.20 Å². The van der Waals surface area contributed by atoms with Crippen LogP contribution in [-0.2, 0) is 0 Å². The van der Waals surface area contributed by atoms with Crippen molar-refractivity contribution in [3.05, 3.63) is 90.6 Å². The molecule has 0 aliphatic heterocycles. The van der Waals surface area contributed by atoms with Gasteiger partial charge in [0.15, 0.2) is 0 Å². The van der Waals surface area contributed by atoms with Crippen LogP contribution in [0, 0.1) is 0 Å². The summed E-state index contributed by atoms with van der Waals surface area (Å²) in [7, 11) is 2.06. The molecular weight excluding hydrogens is 372 g/mol. The van der Waals surface area contributed by atoms with Crippen molar-refractivity contribution < 1.29 is 4.79 Å². The van der Waals surface area contributed by atoms with E-state index in [-0.39, 0.29) is 5.91 Å². The summed E-state index contributed by atoms with van der Waals surface area (Å²) in [6.07, 6.45) is 2.59. The number of amides is 1. The minimum atomic E-state index is -0.0897. The number of anilines is 1. The number of aromatic nitrogens is 2. The van der Waals surface area contributed by atoms with Crippen molar-refractivity contribution in [1.82, 2.24) is 15.3 Å². The first-order chi connectivity index (χ1) is 14.7. The molecule has 2 aromatic carbocycles. The first kappa shape index (κ1) is 19.6. The van der Waals surface area contributed by atoms with Crippen LogP contribution in [-0.4, -0.2) is 36.0 Å². The average molecular weight is 396 g/mol. The number of pyridine rings is 2. The van der Waals surface area contributed by atoms with Gasteiger partial charge in [-0.2, -0.15) is 0 Å². The number of benzene rings is 2. The van der Waals surface area contributed by atoms with E-state index in [0.717, 1.165) is 29.6 Å². The van der Waals surface area contributed by atoms with Crippen LogP contribution >= 0.6 is 0 Å². The highest BCUT2D eigenvalue weighted by molar-refractivity contribution is 6.07. The van der Waals surface area contributed by atoms with Gasteiger partial charge in [0, 0.05) is 37.4 Å². The number of nitrogens with zero attached hydrogens (tertiary/aromatic N) is 3. The molecule has 0 atom stereocenters. The van der Waals surface area contributed by atoms with Crippen LogP contribution in [0.5, 0.6) is 0 Å². The van der Waals surface area contributed by atoms with Gasteiger partial charge in [0.05, 0.1) is 22.5 Å². The van der Waals surface area contributed by atoms with E-state index >= 15 is 0 Å². The number of carbonyl (C=O) groups excluding carboxylic acids is 1. The van der Waals surface area contributed by atoms with Gasteiger partial charge in [-0.05, 0) is 42.8 Å². The summed E-state index contributed by atoms with van der Waals surface area (Å²) in [5.74, 6) is -0.0897. The third kappa shape index (κ3) is 4.46. The second-order valence-corrected chi connectivity index (χ2v) is 7.15. The number of nitrogens with one attached hydrogen (secondary N) is 1. The number of para-hydroxylation sites is 2. The summed E-state index contributed by atoms with van der Waals surface area (Å²) in [6, 6.07) is 25.5. The highest BCUT2D eigenvalue weighted by Gasteiger charge is 2.14. The quantitative estimate of drug-likeness (QED) is 0.466. The number of carbonyl (C=O) groups is 1. The highest BCUT2D eigenvalue weighted by Crippen LogP contribution is 2.23.